The number of alkyl halides is 2. The number of benzene rings is 2. The van der Waals surface area contributed by atoms with E-state index < -0.39 is 6.61 Å². The Balaban J connectivity index is 1.71. The molecule has 0 amide bonds. The SMILES string of the molecule is Cc1cccc(-c2nnc(SCC(=O)c3cc(C)ccc3OC(F)F)o2)c1. The first-order valence-corrected chi connectivity index (χ1v) is 9.03. The number of halogens is 2. The van der Waals surface area contributed by atoms with Crippen LogP contribution in [0.15, 0.2) is 52.1 Å². The number of carbonyl (C=O) groups excluding carboxylic acids is 1. The number of aryl methyl sites for hydroxylation is 2. The van der Waals surface area contributed by atoms with Crippen LogP contribution in [-0.4, -0.2) is 28.3 Å². The predicted octanol–water partition coefficient (Wildman–Crippen LogP) is 4.93. The lowest BCUT2D eigenvalue weighted by atomic mass is 10.1. The molecule has 0 unspecified atom stereocenters. The standard InChI is InChI=1S/C19H16F2N2O3S/c1-11-4-3-5-13(8-11)17-22-23-19(26-17)27-10-15(24)14-9-12(2)6-7-16(14)25-18(20)21/h3-9,18H,10H2,1-2H3. The van der Waals surface area contributed by atoms with Crippen LogP contribution in [0.4, 0.5) is 8.78 Å². The van der Waals surface area contributed by atoms with Gasteiger partial charge in [-0.1, -0.05) is 41.1 Å². The van der Waals surface area contributed by atoms with Crippen molar-refractivity contribution in [3.05, 3.63) is 59.2 Å². The van der Waals surface area contributed by atoms with Crippen molar-refractivity contribution >= 4 is 17.5 Å². The second-order valence-corrected chi connectivity index (χ2v) is 6.76. The molecule has 1 aromatic heterocycles. The molecule has 0 radical (unpaired) electrons. The highest BCUT2D eigenvalue weighted by Crippen LogP contribution is 2.27. The van der Waals surface area contributed by atoms with E-state index in [1.807, 2.05) is 31.2 Å². The van der Waals surface area contributed by atoms with Crippen LogP contribution >= 0.6 is 11.8 Å². The summed E-state index contributed by atoms with van der Waals surface area (Å²) in [7, 11) is 0. The Kier molecular flexibility index (Phi) is 5.85. The van der Waals surface area contributed by atoms with Crippen LogP contribution < -0.4 is 4.74 Å². The Morgan fingerprint density at radius 3 is 2.67 bits per heavy atom. The second-order valence-electron chi connectivity index (χ2n) is 5.83. The molecule has 3 rings (SSSR count). The lowest BCUT2D eigenvalue weighted by Crippen LogP contribution is -2.10. The maximum Gasteiger partial charge on any atom is 0.387 e. The molecule has 140 valence electrons. The molecule has 0 bridgehead atoms. The van der Waals surface area contributed by atoms with Crippen molar-refractivity contribution in [1.82, 2.24) is 10.2 Å². The van der Waals surface area contributed by atoms with Gasteiger partial charge in [0, 0.05) is 5.56 Å². The second kappa shape index (κ2) is 8.30. The van der Waals surface area contributed by atoms with Crippen LogP contribution in [0.5, 0.6) is 5.75 Å². The van der Waals surface area contributed by atoms with E-state index in [0.717, 1.165) is 28.5 Å². The minimum atomic E-state index is -3.00. The molecule has 3 aromatic rings. The maximum absolute atomic E-state index is 12.5. The van der Waals surface area contributed by atoms with Gasteiger partial charge in [0.1, 0.15) is 5.75 Å². The molecule has 0 saturated heterocycles. The molecule has 2 aromatic carbocycles. The number of ether oxygens (including phenoxy) is 1. The van der Waals surface area contributed by atoms with Gasteiger partial charge in [-0.15, -0.1) is 10.2 Å². The number of aromatic nitrogens is 2. The number of nitrogens with zero attached hydrogens (tertiary/aromatic N) is 2. The van der Waals surface area contributed by atoms with Gasteiger partial charge in [-0.2, -0.15) is 8.78 Å². The highest BCUT2D eigenvalue weighted by molar-refractivity contribution is 7.99. The smallest absolute Gasteiger partial charge is 0.387 e. The minimum Gasteiger partial charge on any atom is -0.434 e. The molecular formula is C19H16F2N2O3S. The zero-order valence-electron chi connectivity index (χ0n) is 14.6. The quantitative estimate of drug-likeness (QED) is 0.421. The third-order valence-corrected chi connectivity index (χ3v) is 4.47. The van der Waals surface area contributed by atoms with Gasteiger partial charge >= 0.3 is 6.61 Å². The Morgan fingerprint density at radius 1 is 1.15 bits per heavy atom. The number of rotatable bonds is 7. The van der Waals surface area contributed by atoms with Crippen molar-refractivity contribution in [2.24, 2.45) is 0 Å². The lowest BCUT2D eigenvalue weighted by Gasteiger charge is -2.10. The fourth-order valence-corrected chi connectivity index (χ4v) is 3.07. The van der Waals surface area contributed by atoms with Crippen molar-refractivity contribution in [2.45, 2.75) is 25.7 Å². The van der Waals surface area contributed by atoms with E-state index in [0.29, 0.717) is 5.89 Å². The number of thioether (sulfide) groups is 1. The first-order chi connectivity index (χ1) is 12.9. The fraction of sp³-hybridized carbons (Fsp3) is 0.211. The molecule has 5 nitrogen and oxygen atoms in total. The molecular weight excluding hydrogens is 374 g/mol. The summed E-state index contributed by atoms with van der Waals surface area (Å²) in [6, 6.07) is 12.1. The molecule has 1 heterocycles. The minimum absolute atomic E-state index is 0.0432. The van der Waals surface area contributed by atoms with Crippen LogP contribution in [0.3, 0.4) is 0 Å². The van der Waals surface area contributed by atoms with Crippen molar-refractivity contribution in [3.63, 3.8) is 0 Å². The van der Waals surface area contributed by atoms with Gasteiger partial charge in [0.15, 0.2) is 5.78 Å². The zero-order chi connectivity index (χ0) is 19.4. The summed E-state index contributed by atoms with van der Waals surface area (Å²) in [5.74, 6) is -0.203. The van der Waals surface area contributed by atoms with Gasteiger partial charge < -0.3 is 9.15 Å². The normalized spacial score (nSPS) is 11.0. The first-order valence-electron chi connectivity index (χ1n) is 8.04. The Morgan fingerprint density at radius 2 is 1.93 bits per heavy atom. The largest absolute Gasteiger partial charge is 0.434 e. The molecule has 0 atom stereocenters. The molecule has 0 spiro atoms. The summed E-state index contributed by atoms with van der Waals surface area (Å²) in [5, 5.41) is 8.12. The first kappa shape index (κ1) is 19.0. The molecule has 0 fully saturated rings. The van der Waals surface area contributed by atoms with Gasteiger partial charge in [0.2, 0.25) is 5.89 Å². The van der Waals surface area contributed by atoms with Crippen molar-refractivity contribution in [2.75, 3.05) is 5.75 Å². The van der Waals surface area contributed by atoms with Gasteiger partial charge in [-0.25, -0.2) is 0 Å². The van der Waals surface area contributed by atoms with Crippen molar-refractivity contribution in [3.8, 4) is 17.2 Å². The molecule has 0 N–H and O–H groups in total. The fourth-order valence-electron chi connectivity index (χ4n) is 2.43. The van der Waals surface area contributed by atoms with E-state index in [2.05, 4.69) is 14.9 Å². The van der Waals surface area contributed by atoms with Crippen LogP contribution in [0.25, 0.3) is 11.5 Å². The van der Waals surface area contributed by atoms with Crippen LogP contribution in [-0.2, 0) is 0 Å². The predicted molar refractivity (Wildman–Crippen MR) is 97.3 cm³/mol. The Hall–Kier alpha value is -2.74. The third kappa shape index (κ3) is 4.91. The summed E-state index contributed by atoms with van der Waals surface area (Å²) in [6.07, 6.45) is 0. The highest BCUT2D eigenvalue weighted by atomic mass is 32.2. The molecule has 27 heavy (non-hydrogen) atoms. The van der Waals surface area contributed by atoms with Crippen molar-refractivity contribution < 1.29 is 22.7 Å². The monoisotopic (exact) mass is 390 g/mol. The average Bonchev–Trinajstić information content (AvgIpc) is 3.10. The van der Waals surface area contributed by atoms with Crippen LogP contribution in [0.1, 0.15) is 21.5 Å². The molecule has 0 aliphatic rings. The lowest BCUT2D eigenvalue weighted by molar-refractivity contribution is -0.0501. The van der Waals surface area contributed by atoms with E-state index in [9.17, 15) is 13.6 Å². The zero-order valence-corrected chi connectivity index (χ0v) is 15.4. The number of Topliss-reactive ketones (excluding diaryl/α,β-unsaturated/α-hetero) is 1. The van der Waals surface area contributed by atoms with E-state index >= 15 is 0 Å². The number of ketones is 1. The van der Waals surface area contributed by atoms with Crippen molar-refractivity contribution in [1.29, 1.82) is 0 Å². The average molecular weight is 390 g/mol. The van der Waals surface area contributed by atoms with Crippen LogP contribution in [0.2, 0.25) is 0 Å². The Labute approximate surface area is 158 Å². The maximum atomic E-state index is 12.5. The molecule has 8 heteroatoms. The summed E-state index contributed by atoms with van der Waals surface area (Å²) in [4.78, 5) is 12.5. The summed E-state index contributed by atoms with van der Waals surface area (Å²) < 4.78 is 35.1. The number of hydrogen-bond acceptors (Lipinski definition) is 6. The summed E-state index contributed by atoms with van der Waals surface area (Å²) >= 11 is 1.04. The van der Waals surface area contributed by atoms with Gasteiger partial charge in [-0.05, 0) is 38.1 Å². The summed E-state index contributed by atoms with van der Waals surface area (Å²) in [5.41, 5.74) is 2.71. The molecule has 0 aliphatic carbocycles. The Bertz CT molecular complexity index is 960. The third-order valence-electron chi connectivity index (χ3n) is 3.65. The van der Waals surface area contributed by atoms with Gasteiger partial charge in [0.25, 0.3) is 5.22 Å². The molecule has 0 aliphatic heterocycles. The van der Waals surface area contributed by atoms with Gasteiger partial charge in [0.05, 0.1) is 11.3 Å². The molecule has 0 saturated carbocycles. The van der Waals surface area contributed by atoms with E-state index in [1.165, 1.54) is 12.1 Å². The van der Waals surface area contributed by atoms with E-state index in [4.69, 9.17) is 4.42 Å². The van der Waals surface area contributed by atoms with E-state index in [1.54, 1.807) is 13.0 Å². The number of hydrogen-bond donors (Lipinski definition) is 0. The summed E-state index contributed by atoms with van der Waals surface area (Å²) in [6.45, 7) is 0.719. The van der Waals surface area contributed by atoms with Gasteiger partial charge in [-0.3, -0.25) is 4.79 Å². The van der Waals surface area contributed by atoms with E-state index in [-0.39, 0.29) is 28.1 Å². The highest BCUT2D eigenvalue weighted by Gasteiger charge is 2.18. The topological polar surface area (TPSA) is 65.2 Å². The number of carbonyl (C=O) groups is 1. The van der Waals surface area contributed by atoms with Crippen LogP contribution in [0, 0.1) is 13.8 Å².